The molecule has 10 nitrogen and oxygen atoms in total. The smallest absolute Gasteiger partial charge is 0.240 e. The van der Waals surface area contributed by atoms with Crippen molar-refractivity contribution in [3.8, 4) is 0 Å². The van der Waals surface area contributed by atoms with Gasteiger partial charge in [0.15, 0.2) is 11.5 Å². The monoisotopic (exact) mass is 337 g/mol. The summed E-state index contributed by atoms with van der Waals surface area (Å²) >= 11 is 5.70. The number of amidine groups is 1. The van der Waals surface area contributed by atoms with Gasteiger partial charge >= 0.3 is 0 Å². The van der Waals surface area contributed by atoms with Crippen molar-refractivity contribution in [1.29, 1.82) is 5.41 Å². The Hall–Kier alpha value is -3.08. The standard InChI is InChI=1S/C11H9ClFN9O/c12-6-3-5(1-2-7(6)13)16-10(14)9-8(19-23-20-9)4-15-11-17-21-22-18-11/h1-3H,4H2,(H2,14,16)(H2,15,17,18,21,22). The van der Waals surface area contributed by atoms with Gasteiger partial charge in [0.05, 0.1) is 11.6 Å². The SMILES string of the molecule is N=C(Nc1ccc(F)c(Cl)c1)c1nonc1CNc1nnn[nH]1. The van der Waals surface area contributed by atoms with Gasteiger partial charge in [0.25, 0.3) is 0 Å². The minimum absolute atomic E-state index is 0.0548. The zero-order valence-corrected chi connectivity index (χ0v) is 12.1. The summed E-state index contributed by atoms with van der Waals surface area (Å²) < 4.78 is 17.8. The van der Waals surface area contributed by atoms with Crippen LogP contribution in [0, 0.1) is 11.2 Å². The van der Waals surface area contributed by atoms with Crippen LogP contribution in [0.25, 0.3) is 0 Å². The zero-order valence-electron chi connectivity index (χ0n) is 11.3. The molecule has 3 rings (SSSR count). The van der Waals surface area contributed by atoms with Crippen LogP contribution in [0.2, 0.25) is 5.02 Å². The van der Waals surface area contributed by atoms with Crippen LogP contribution in [0.5, 0.6) is 0 Å². The Labute approximate surface area is 132 Å². The molecule has 3 aromatic rings. The predicted molar refractivity (Wildman–Crippen MR) is 77.7 cm³/mol. The number of nitrogens with one attached hydrogen (secondary N) is 4. The van der Waals surface area contributed by atoms with Crippen molar-refractivity contribution in [3.05, 3.63) is 40.4 Å². The van der Waals surface area contributed by atoms with Crippen molar-refractivity contribution in [2.45, 2.75) is 6.54 Å². The van der Waals surface area contributed by atoms with Crippen LogP contribution in [-0.4, -0.2) is 36.8 Å². The summed E-state index contributed by atoms with van der Waals surface area (Å²) in [6.45, 7) is 0.184. The zero-order chi connectivity index (χ0) is 16.2. The van der Waals surface area contributed by atoms with Crippen molar-refractivity contribution >= 4 is 29.1 Å². The van der Waals surface area contributed by atoms with Gasteiger partial charge < -0.3 is 10.6 Å². The predicted octanol–water partition coefficient (Wildman–Crippen LogP) is 1.42. The lowest BCUT2D eigenvalue weighted by Gasteiger charge is -2.07. The van der Waals surface area contributed by atoms with Gasteiger partial charge in [-0.1, -0.05) is 21.9 Å². The number of aromatic nitrogens is 6. The van der Waals surface area contributed by atoms with Crippen LogP contribution in [-0.2, 0) is 6.54 Å². The van der Waals surface area contributed by atoms with E-state index in [1.807, 2.05) is 0 Å². The Kier molecular flexibility index (Phi) is 4.10. The maximum absolute atomic E-state index is 13.1. The van der Waals surface area contributed by atoms with Gasteiger partial charge in [0.1, 0.15) is 11.5 Å². The van der Waals surface area contributed by atoms with Crippen molar-refractivity contribution in [2.24, 2.45) is 0 Å². The molecule has 23 heavy (non-hydrogen) atoms. The van der Waals surface area contributed by atoms with E-state index < -0.39 is 5.82 Å². The molecule has 0 spiro atoms. The number of hydrogen-bond donors (Lipinski definition) is 4. The molecule has 0 atom stereocenters. The van der Waals surface area contributed by atoms with Crippen LogP contribution >= 0.6 is 11.6 Å². The Morgan fingerprint density at radius 2 is 2.26 bits per heavy atom. The average Bonchev–Trinajstić information content (AvgIpc) is 3.19. The molecule has 2 aromatic heterocycles. The number of rotatable bonds is 5. The molecule has 0 amide bonds. The summed E-state index contributed by atoms with van der Waals surface area (Å²) in [4.78, 5) is 0. The van der Waals surface area contributed by atoms with Crippen molar-refractivity contribution in [1.82, 2.24) is 30.9 Å². The number of halogens is 2. The van der Waals surface area contributed by atoms with E-state index >= 15 is 0 Å². The fraction of sp³-hybridized carbons (Fsp3) is 0.0909. The van der Waals surface area contributed by atoms with Gasteiger partial charge in [-0.05, 0) is 33.8 Å². The maximum atomic E-state index is 13.1. The Morgan fingerprint density at radius 3 is 3.00 bits per heavy atom. The van der Waals surface area contributed by atoms with E-state index in [2.05, 4.69) is 46.2 Å². The topological polar surface area (TPSA) is 141 Å². The number of benzene rings is 1. The number of aromatic amines is 1. The number of tetrazole rings is 1. The van der Waals surface area contributed by atoms with E-state index in [-0.39, 0.29) is 23.1 Å². The van der Waals surface area contributed by atoms with Crippen LogP contribution < -0.4 is 10.6 Å². The van der Waals surface area contributed by atoms with Crippen LogP contribution in [0.15, 0.2) is 22.8 Å². The number of anilines is 2. The molecule has 118 valence electrons. The van der Waals surface area contributed by atoms with E-state index in [1.165, 1.54) is 18.2 Å². The molecule has 0 saturated carbocycles. The van der Waals surface area contributed by atoms with Gasteiger partial charge in [-0.3, -0.25) is 5.41 Å². The average molecular weight is 338 g/mol. The van der Waals surface area contributed by atoms with Crippen molar-refractivity contribution < 1.29 is 9.02 Å². The molecule has 0 aliphatic heterocycles. The minimum Gasteiger partial charge on any atom is -0.347 e. The lowest BCUT2D eigenvalue weighted by Crippen LogP contribution is -2.16. The minimum atomic E-state index is -0.544. The van der Waals surface area contributed by atoms with E-state index in [1.54, 1.807) is 0 Å². The fourth-order valence-corrected chi connectivity index (χ4v) is 1.87. The molecule has 0 saturated heterocycles. The number of H-pyrrole nitrogens is 1. The summed E-state index contributed by atoms with van der Waals surface area (Å²) in [5, 5.41) is 33.9. The number of hydrogen-bond acceptors (Lipinski definition) is 8. The highest BCUT2D eigenvalue weighted by molar-refractivity contribution is 6.31. The molecule has 0 unspecified atom stereocenters. The molecule has 0 aliphatic carbocycles. The van der Waals surface area contributed by atoms with Crippen LogP contribution in [0.3, 0.4) is 0 Å². The molecule has 0 radical (unpaired) electrons. The summed E-state index contributed by atoms with van der Waals surface area (Å²) in [5.74, 6) is -0.289. The van der Waals surface area contributed by atoms with Gasteiger partial charge in [0.2, 0.25) is 5.95 Å². The molecule has 0 fully saturated rings. The first-order valence-corrected chi connectivity index (χ1v) is 6.61. The summed E-state index contributed by atoms with van der Waals surface area (Å²) in [6, 6.07) is 4.00. The van der Waals surface area contributed by atoms with Gasteiger partial charge in [-0.2, -0.15) is 0 Å². The molecule has 4 N–H and O–H groups in total. The second-order valence-corrected chi connectivity index (χ2v) is 4.70. The first kappa shape index (κ1) is 14.8. The van der Waals surface area contributed by atoms with Gasteiger partial charge in [-0.15, -0.1) is 0 Å². The molecule has 0 bridgehead atoms. The van der Waals surface area contributed by atoms with Crippen LogP contribution in [0.4, 0.5) is 16.0 Å². The van der Waals surface area contributed by atoms with Crippen LogP contribution in [0.1, 0.15) is 11.4 Å². The van der Waals surface area contributed by atoms with E-state index in [9.17, 15) is 4.39 Å². The summed E-state index contributed by atoms with van der Waals surface area (Å²) in [6.07, 6.45) is 0. The largest absolute Gasteiger partial charge is 0.347 e. The highest BCUT2D eigenvalue weighted by Crippen LogP contribution is 2.20. The Morgan fingerprint density at radius 1 is 1.39 bits per heavy atom. The molecule has 2 heterocycles. The lowest BCUT2D eigenvalue weighted by atomic mass is 10.2. The van der Waals surface area contributed by atoms with Crippen molar-refractivity contribution in [2.75, 3.05) is 10.6 Å². The summed E-state index contributed by atoms with van der Waals surface area (Å²) in [5.41, 5.74) is 0.986. The second kappa shape index (κ2) is 6.36. The quantitative estimate of drug-likeness (QED) is 0.404. The van der Waals surface area contributed by atoms with Gasteiger partial charge in [-0.25, -0.2) is 14.1 Å². The highest BCUT2D eigenvalue weighted by Gasteiger charge is 2.16. The third-order valence-corrected chi connectivity index (χ3v) is 3.04. The second-order valence-electron chi connectivity index (χ2n) is 4.29. The molecular weight excluding hydrogens is 329 g/mol. The Bertz CT molecular complexity index is 819. The van der Waals surface area contributed by atoms with E-state index in [4.69, 9.17) is 17.0 Å². The molecule has 12 heteroatoms. The first-order valence-electron chi connectivity index (χ1n) is 6.23. The Balaban J connectivity index is 1.70. The third-order valence-electron chi connectivity index (χ3n) is 2.75. The summed E-state index contributed by atoms with van der Waals surface area (Å²) in [7, 11) is 0. The van der Waals surface area contributed by atoms with Gasteiger partial charge in [0, 0.05) is 5.69 Å². The lowest BCUT2D eigenvalue weighted by molar-refractivity contribution is 0.303. The first-order chi connectivity index (χ1) is 11.1. The van der Waals surface area contributed by atoms with E-state index in [0.29, 0.717) is 17.3 Å². The van der Waals surface area contributed by atoms with E-state index in [0.717, 1.165) is 0 Å². The third kappa shape index (κ3) is 3.40. The maximum Gasteiger partial charge on any atom is 0.240 e. The molecule has 1 aromatic carbocycles. The molecular formula is C11H9ClFN9O. The highest BCUT2D eigenvalue weighted by atomic mass is 35.5. The number of nitrogens with zero attached hydrogens (tertiary/aromatic N) is 5. The van der Waals surface area contributed by atoms with Crippen molar-refractivity contribution in [3.63, 3.8) is 0 Å². The fourth-order valence-electron chi connectivity index (χ4n) is 1.69. The molecule has 0 aliphatic rings. The normalized spacial score (nSPS) is 10.5.